The first kappa shape index (κ1) is 11.0. The van der Waals surface area contributed by atoms with Crippen molar-refractivity contribution in [3.8, 4) is 0 Å². The third-order valence-corrected chi connectivity index (χ3v) is 4.40. The summed E-state index contributed by atoms with van der Waals surface area (Å²) in [5, 5.41) is 4.00. The van der Waals surface area contributed by atoms with E-state index in [1.807, 2.05) is 6.92 Å². The van der Waals surface area contributed by atoms with E-state index in [1.165, 1.54) is 24.4 Å². The molecule has 2 atom stereocenters. The number of hydrogen-bond donors (Lipinski definition) is 1. The van der Waals surface area contributed by atoms with E-state index in [0.717, 1.165) is 23.8 Å². The van der Waals surface area contributed by atoms with E-state index in [-0.39, 0.29) is 5.91 Å². The molecule has 2 aliphatic rings. The predicted molar refractivity (Wildman–Crippen MR) is 66.2 cm³/mol. The van der Waals surface area contributed by atoms with Gasteiger partial charge in [0, 0.05) is 17.6 Å². The van der Waals surface area contributed by atoms with Crippen LogP contribution in [0.5, 0.6) is 0 Å². The van der Waals surface area contributed by atoms with E-state index in [9.17, 15) is 4.79 Å². The van der Waals surface area contributed by atoms with Crippen LogP contribution in [0, 0.1) is 6.92 Å². The highest BCUT2D eigenvalue weighted by Crippen LogP contribution is 2.30. The molecule has 1 aromatic rings. The zero-order chi connectivity index (χ0) is 11.8. The van der Waals surface area contributed by atoms with Crippen LogP contribution in [0.4, 0.5) is 5.13 Å². The Kier molecular flexibility index (Phi) is 2.74. The van der Waals surface area contributed by atoms with Crippen molar-refractivity contribution in [2.75, 3.05) is 11.4 Å². The van der Waals surface area contributed by atoms with Crippen molar-refractivity contribution < 1.29 is 4.79 Å². The summed E-state index contributed by atoms with van der Waals surface area (Å²) in [4.78, 5) is 18.3. The fraction of sp³-hybridized carbons (Fsp3) is 0.727. The van der Waals surface area contributed by atoms with Gasteiger partial charge >= 0.3 is 0 Å². The molecular formula is C11H16N4OS. The zero-order valence-corrected chi connectivity index (χ0v) is 10.7. The molecule has 6 heteroatoms. The molecule has 0 spiro atoms. The van der Waals surface area contributed by atoms with Crippen LogP contribution in [-0.2, 0) is 4.79 Å². The predicted octanol–water partition coefficient (Wildman–Crippen LogP) is 1.09. The van der Waals surface area contributed by atoms with Crippen LogP contribution in [-0.4, -0.2) is 33.9 Å². The number of nitrogens with one attached hydrogen (secondary N) is 1. The lowest BCUT2D eigenvalue weighted by Crippen LogP contribution is -2.61. The van der Waals surface area contributed by atoms with Crippen LogP contribution in [0.3, 0.4) is 0 Å². The summed E-state index contributed by atoms with van der Waals surface area (Å²) in [6.07, 6.45) is 4.68. The summed E-state index contributed by atoms with van der Waals surface area (Å²) >= 11 is 1.40. The standard InChI is InChI=1S/C11H16N4OS/c1-7-12-11(17-14-7)15-6-10(16)13-8-4-2-3-5-9(8)15/h8-9H,2-6H2,1H3,(H,13,16). The number of piperazine rings is 1. The summed E-state index contributed by atoms with van der Waals surface area (Å²) in [6, 6.07) is 0.711. The molecule has 1 amide bonds. The molecule has 3 rings (SSSR count). The van der Waals surface area contributed by atoms with E-state index in [4.69, 9.17) is 0 Å². The van der Waals surface area contributed by atoms with E-state index in [0.29, 0.717) is 18.6 Å². The Morgan fingerprint density at radius 3 is 3.00 bits per heavy atom. The SMILES string of the molecule is Cc1nsc(N2CC(=O)NC3CCCCC32)n1. The number of aryl methyl sites for hydroxylation is 1. The number of carbonyl (C=O) groups is 1. The third kappa shape index (κ3) is 2.01. The van der Waals surface area contributed by atoms with Gasteiger partial charge in [0.25, 0.3) is 0 Å². The summed E-state index contributed by atoms with van der Waals surface area (Å²) in [5.74, 6) is 0.907. The molecule has 2 unspecified atom stereocenters. The smallest absolute Gasteiger partial charge is 0.239 e. The molecule has 2 heterocycles. The summed E-state index contributed by atoms with van der Waals surface area (Å²) in [5.41, 5.74) is 0. The first-order valence-corrected chi connectivity index (χ1v) is 6.88. The summed E-state index contributed by atoms with van der Waals surface area (Å²) in [6.45, 7) is 2.32. The minimum Gasteiger partial charge on any atom is -0.350 e. The van der Waals surface area contributed by atoms with E-state index >= 15 is 0 Å². The minimum absolute atomic E-state index is 0.112. The highest BCUT2D eigenvalue weighted by molar-refractivity contribution is 7.09. The molecule has 1 aliphatic heterocycles. The maximum atomic E-state index is 11.7. The Balaban J connectivity index is 1.88. The Hall–Kier alpha value is -1.17. The first-order valence-electron chi connectivity index (χ1n) is 6.10. The van der Waals surface area contributed by atoms with Gasteiger partial charge in [0.05, 0.1) is 12.6 Å². The van der Waals surface area contributed by atoms with Crippen molar-refractivity contribution in [2.45, 2.75) is 44.7 Å². The van der Waals surface area contributed by atoms with Gasteiger partial charge in [-0.2, -0.15) is 4.37 Å². The molecule has 1 aromatic heterocycles. The van der Waals surface area contributed by atoms with Crippen molar-refractivity contribution in [3.05, 3.63) is 5.82 Å². The van der Waals surface area contributed by atoms with Crippen LogP contribution < -0.4 is 10.2 Å². The molecular weight excluding hydrogens is 236 g/mol. The summed E-state index contributed by atoms with van der Waals surface area (Å²) < 4.78 is 4.21. The van der Waals surface area contributed by atoms with Crippen LogP contribution >= 0.6 is 11.5 Å². The van der Waals surface area contributed by atoms with Gasteiger partial charge in [0.1, 0.15) is 5.82 Å². The number of nitrogens with zero attached hydrogens (tertiary/aromatic N) is 3. The Labute approximate surface area is 104 Å². The Morgan fingerprint density at radius 2 is 2.24 bits per heavy atom. The molecule has 1 saturated carbocycles. The van der Waals surface area contributed by atoms with Gasteiger partial charge in [-0.05, 0) is 19.8 Å². The molecule has 1 aliphatic carbocycles. The molecule has 92 valence electrons. The number of hydrogen-bond acceptors (Lipinski definition) is 5. The number of anilines is 1. The third-order valence-electron chi connectivity index (χ3n) is 3.55. The molecule has 1 N–H and O–H groups in total. The fourth-order valence-electron chi connectivity index (χ4n) is 2.79. The van der Waals surface area contributed by atoms with Gasteiger partial charge in [-0.25, -0.2) is 4.98 Å². The molecule has 1 saturated heterocycles. The number of amides is 1. The van der Waals surface area contributed by atoms with Crippen LogP contribution in [0.1, 0.15) is 31.5 Å². The average molecular weight is 252 g/mol. The van der Waals surface area contributed by atoms with Crippen molar-refractivity contribution in [1.82, 2.24) is 14.7 Å². The van der Waals surface area contributed by atoms with Crippen molar-refractivity contribution in [1.29, 1.82) is 0 Å². The molecule has 0 radical (unpaired) electrons. The summed E-state index contributed by atoms with van der Waals surface area (Å²) in [7, 11) is 0. The lowest BCUT2D eigenvalue weighted by Gasteiger charge is -2.43. The topological polar surface area (TPSA) is 58.1 Å². The van der Waals surface area contributed by atoms with Crippen LogP contribution in [0.25, 0.3) is 0 Å². The zero-order valence-electron chi connectivity index (χ0n) is 9.85. The lowest BCUT2D eigenvalue weighted by molar-refractivity contribution is -0.122. The quantitative estimate of drug-likeness (QED) is 0.813. The van der Waals surface area contributed by atoms with Crippen molar-refractivity contribution >= 4 is 22.6 Å². The van der Waals surface area contributed by atoms with Crippen LogP contribution in [0.2, 0.25) is 0 Å². The normalized spacial score (nSPS) is 28.8. The number of fused-ring (bicyclic) bond motifs is 1. The monoisotopic (exact) mass is 252 g/mol. The maximum absolute atomic E-state index is 11.7. The van der Waals surface area contributed by atoms with Gasteiger partial charge in [-0.1, -0.05) is 12.8 Å². The maximum Gasteiger partial charge on any atom is 0.239 e. The number of carbonyl (C=O) groups excluding carboxylic acids is 1. The molecule has 2 fully saturated rings. The second kappa shape index (κ2) is 4.25. The van der Waals surface area contributed by atoms with Crippen molar-refractivity contribution in [2.24, 2.45) is 0 Å². The molecule has 17 heavy (non-hydrogen) atoms. The molecule has 5 nitrogen and oxygen atoms in total. The van der Waals surface area contributed by atoms with Gasteiger partial charge < -0.3 is 10.2 Å². The highest BCUT2D eigenvalue weighted by Gasteiger charge is 2.37. The van der Waals surface area contributed by atoms with Gasteiger partial charge in [-0.3, -0.25) is 4.79 Å². The Morgan fingerprint density at radius 1 is 1.41 bits per heavy atom. The molecule has 0 bridgehead atoms. The van der Waals surface area contributed by atoms with E-state index < -0.39 is 0 Å². The second-order valence-corrected chi connectivity index (χ2v) is 5.51. The average Bonchev–Trinajstić information content (AvgIpc) is 2.74. The fourth-order valence-corrected chi connectivity index (χ4v) is 3.52. The largest absolute Gasteiger partial charge is 0.350 e. The second-order valence-electron chi connectivity index (χ2n) is 4.78. The number of rotatable bonds is 1. The van der Waals surface area contributed by atoms with E-state index in [1.54, 1.807) is 0 Å². The van der Waals surface area contributed by atoms with Gasteiger partial charge in [0.15, 0.2) is 0 Å². The van der Waals surface area contributed by atoms with Gasteiger partial charge in [-0.15, -0.1) is 0 Å². The van der Waals surface area contributed by atoms with Crippen LogP contribution in [0.15, 0.2) is 0 Å². The number of aromatic nitrogens is 2. The van der Waals surface area contributed by atoms with Gasteiger partial charge in [0.2, 0.25) is 11.0 Å². The molecule has 0 aromatic carbocycles. The lowest BCUT2D eigenvalue weighted by atomic mass is 9.88. The minimum atomic E-state index is 0.112. The highest BCUT2D eigenvalue weighted by atomic mass is 32.1. The van der Waals surface area contributed by atoms with Crippen molar-refractivity contribution in [3.63, 3.8) is 0 Å². The Bertz CT molecular complexity index is 433. The van der Waals surface area contributed by atoms with E-state index in [2.05, 4.69) is 19.6 Å². The first-order chi connectivity index (χ1) is 8.24.